The van der Waals surface area contributed by atoms with Crippen LogP contribution in [0.3, 0.4) is 0 Å². The summed E-state index contributed by atoms with van der Waals surface area (Å²) in [6.07, 6.45) is 2.16. The van der Waals surface area contributed by atoms with E-state index in [-0.39, 0.29) is 23.5 Å². The lowest BCUT2D eigenvalue weighted by Gasteiger charge is -2.16. The van der Waals surface area contributed by atoms with Crippen LogP contribution in [-0.2, 0) is 21.2 Å². The topological polar surface area (TPSA) is 72.3 Å². The highest BCUT2D eigenvalue weighted by molar-refractivity contribution is 8.02. The molecule has 1 aliphatic rings. The second-order valence-corrected chi connectivity index (χ2v) is 10.3. The SMILES string of the molecule is Cc1nn([C@@H]2CCS(=O)(=O)C2)c(C)c1CN(C)C(=O)/C=C/Sc1ccccc1. The fraction of sp³-hybridized carbons (Fsp3) is 0.400. The zero-order valence-electron chi connectivity index (χ0n) is 16.3. The van der Waals surface area contributed by atoms with Crippen LogP contribution in [0.15, 0.2) is 46.7 Å². The number of nitrogens with zero attached hydrogens (tertiary/aromatic N) is 3. The maximum Gasteiger partial charge on any atom is 0.247 e. The third kappa shape index (κ3) is 4.86. The average Bonchev–Trinajstić information content (AvgIpc) is 3.15. The van der Waals surface area contributed by atoms with Gasteiger partial charge in [0.1, 0.15) is 0 Å². The van der Waals surface area contributed by atoms with Crippen LogP contribution < -0.4 is 0 Å². The van der Waals surface area contributed by atoms with Crippen LogP contribution >= 0.6 is 11.8 Å². The zero-order chi connectivity index (χ0) is 20.3. The van der Waals surface area contributed by atoms with Crippen molar-refractivity contribution < 1.29 is 13.2 Å². The molecule has 2 aromatic rings. The van der Waals surface area contributed by atoms with E-state index < -0.39 is 9.84 Å². The number of carbonyl (C=O) groups excluding carboxylic acids is 1. The first-order valence-corrected chi connectivity index (χ1v) is 11.9. The van der Waals surface area contributed by atoms with Gasteiger partial charge in [-0.1, -0.05) is 30.0 Å². The number of rotatable bonds is 6. The molecule has 1 aromatic heterocycles. The summed E-state index contributed by atoms with van der Waals surface area (Å²) in [7, 11) is -1.21. The molecule has 6 nitrogen and oxygen atoms in total. The molecular weight excluding hydrogens is 394 g/mol. The second-order valence-electron chi connectivity index (χ2n) is 7.08. The number of aryl methyl sites for hydroxylation is 1. The van der Waals surface area contributed by atoms with Gasteiger partial charge in [0, 0.05) is 35.8 Å². The van der Waals surface area contributed by atoms with Crippen LogP contribution in [0.25, 0.3) is 0 Å². The van der Waals surface area contributed by atoms with Gasteiger partial charge in [0.05, 0.1) is 23.2 Å². The van der Waals surface area contributed by atoms with Crippen molar-refractivity contribution in [2.75, 3.05) is 18.6 Å². The fourth-order valence-electron chi connectivity index (χ4n) is 3.36. The fourth-order valence-corrected chi connectivity index (χ4v) is 5.71. The number of carbonyl (C=O) groups is 1. The van der Waals surface area contributed by atoms with Crippen molar-refractivity contribution in [1.82, 2.24) is 14.7 Å². The summed E-state index contributed by atoms with van der Waals surface area (Å²) >= 11 is 1.50. The van der Waals surface area contributed by atoms with E-state index in [4.69, 9.17) is 0 Å². The maximum absolute atomic E-state index is 12.4. The Kier molecular flexibility index (Phi) is 6.30. The number of amides is 1. The molecule has 150 valence electrons. The van der Waals surface area contributed by atoms with Crippen LogP contribution in [0, 0.1) is 13.8 Å². The van der Waals surface area contributed by atoms with Crippen LogP contribution in [-0.4, -0.2) is 47.6 Å². The van der Waals surface area contributed by atoms with Crippen LogP contribution in [0.5, 0.6) is 0 Å². The van der Waals surface area contributed by atoms with E-state index in [0.29, 0.717) is 13.0 Å². The van der Waals surface area contributed by atoms with E-state index in [1.165, 1.54) is 11.8 Å². The average molecular weight is 420 g/mol. The van der Waals surface area contributed by atoms with E-state index >= 15 is 0 Å². The summed E-state index contributed by atoms with van der Waals surface area (Å²) in [6, 6.07) is 9.76. The normalized spacial score (nSPS) is 18.6. The molecular formula is C20H25N3O3S2. The number of thioether (sulfide) groups is 1. The molecule has 0 aliphatic carbocycles. The predicted molar refractivity (Wildman–Crippen MR) is 112 cm³/mol. The van der Waals surface area contributed by atoms with Gasteiger partial charge in [0.25, 0.3) is 0 Å². The summed E-state index contributed by atoms with van der Waals surface area (Å²) in [5.74, 6) is 0.273. The highest BCUT2D eigenvalue weighted by Gasteiger charge is 2.31. The summed E-state index contributed by atoms with van der Waals surface area (Å²) in [4.78, 5) is 15.2. The van der Waals surface area contributed by atoms with Crippen LogP contribution in [0.2, 0.25) is 0 Å². The van der Waals surface area contributed by atoms with Crippen molar-refractivity contribution in [2.45, 2.75) is 37.8 Å². The maximum atomic E-state index is 12.4. The molecule has 1 saturated heterocycles. The van der Waals surface area contributed by atoms with Crippen molar-refractivity contribution in [3.8, 4) is 0 Å². The predicted octanol–water partition coefficient (Wildman–Crippen LogP) is 3.12. The molecule has 28 heavy (non-hydrogen) atoms. The number of aromatic nitrogens is 2. The lowest BCUT2D eigenvalue weighted by Crippen LogP contribution is -2.24. The Bertz CT molecular complexity index is 982. The highest BCUT2D eigenvalue weighted by atomic mass is 32.2. The lowest BCUT2D eigenvalue weighted by molar-refractivity contribution is -0.125. The van der Waals surface area contributed by atoms with Gasteiger partial charge in [-0.05, 0) is 37.8 Å². The number of benzene rings is 1. The molecule has 0 spiro atoms. The Balaban J connectivity index is 1.65. The Hall–Kier alpha value is -2.06. The highest BCUT2D eigenvalue weighted by Crippen LogP contribution is 2.27. The summed E-state index contributed by atoms with van der Waals surface area (Å²) in [5, 5.41) is 6.36. The van der Waals surface area contributed by atoms with Gasteiger partial charge in [0.2, 0.25) is 5.91 Å². The summed E-state index contributed by atoms with van der Waals surface area (Å²) in [6.45, 7) is 4.29. The Morgan fingerprint density at radius 1 is 1.32 bits per heavy atom. The number of hydrogen-bond donors (Lipinski definition) is 0. The summed E-state index contributed by atoms with van der Waals surface area (Å²) in [5.41, 5.74) is 2.75. The molecule has 1 aliphatic heterocycles. The van der Waals surface area contributed by atoms with Gasteiger partial charge in [-0.3, -0.25) is 9.48 Å². The van der Waals surface area contributed by atoms with E-state index in [0.717, 1.165) is 21.8 Å². The second kappa shape index (κ2) is 8.53. The van der Waals surface area contributed by atoms with E-state index in [2.05, 4.69) is 5.10 Å². The number of likely N-dealkylation sites (N-methyl/N-ethyl adjacent to an activating group) is 1. The molecule has 3 rings (SSSR count). The van der Waals surface area contributed by atoms with Gasteiger partial charge in [-0.25, -0.2) is 8.42 Å². The quantitative estimate of drug-likeness (QED) is 0.531. The Labute approximate surface area is 170 Å². The smallest absolute Gasteiger partial charge is 0.247 e. The van der Waals surface area contributed by atoms with Crippen molar-refractivity contribution in [2.24, 2.45) is 0 Å². The molecule has 1 fully saturated rings. The van der Waals surface area contributed by atoms with Crippen molar-refractivity contribution in [3.05, 3.63) is 58.8 Å². The van der Waals surface area contributed by atoms with Crippen molar-refractivity contribution >= 4 is 27.5 Å². The minimum Gasteiger partial charge on any atom is -0.338 e. The van der Waals surface area contributed by atoms with E-state index in [1.807, 2.05) is 48.9 Å². The zero-order valence-corrected chi connectivity index (χ0v) is 18.0. The molecule has 1 amide bonds. The number of hydrogen-bond acceptors (Lipinski definition) is 5. The van der Waals surface area contributed by atoms with Gasteiger partial charge in [0.15, 0.2) is 9.84 Å². The first-order chi connectivity index (χ1) is 13.3. The van der Waals surface area contributed by atoms with E-state index in [1.54, 1.807) is 23.4 Å². The van der Waals surface area contributed by atoms with Crippen molar-refractivity contribution in [3.63, 3.8) is 0 Å². The van der Waals surface area contributed by atoms with Crippen molar-refractivity contribution in [1.29, 1.82) is 0 Å². The Morgan fingerprint density at radius 3 is 2.68 bits per heavy atom. The molecule has 0 radical (unpaired) electrons. The molecule has 0 saturated carbocycles. The van der Waals surface area contributed by atoms with E-state index in [9.17, 15) is 13.2 Å². The third-order valence-corrected chi connectivity index (χ3v) is 7.53. The molecule has 1 aromatic carbocycles. The number of sulfone groups is 1. The summed E-state index contributed by atoms with van der Waals surface area (Å²) < 4.78 is 25.4. The molecule has 0 bridgehead atoms. The standard InChI is InChI=1S/C20H25N3O3S2/c1-15-19(16(2)23(21-15)17-10-12-28(25,26)14-17)13-22(3)20(24)9-11-27-18-7-5-4-6-8-18/h4-9,11,17H,10,12-14H2,1-3H3/b11-9+/t17-/m1/s1. The molecule has 1 atom stereocenters. The van der Waals surface area contributed by atoms with Gasteiger partial charge in [-0.2, -0.15) is 5.10 Å². The van der Waals surface area contributed by atoms with Gasteiger partial charge in [-0.15, -0.1) is 0 Å². The monoisotopic (exact) mass is 419 g/mol. The third-order valence-electron chi connectivity index (χ3n) is 4.96. The molecule has 2 heterocycles. The molecule has 0 unspecified atom stereocenters. The lowest BCUT2D eigenvalue weighted by atomic mass is 10.1. The first-order valence-electron chi connectivity index (χ1n) is 9.15. The Morgan fingerprint density at radius 2 is 2.04 bits per heavy atom. The minimum absolute atomic E-state index is 0.0848. The molecule has 0 N–H and O–H groups in total. The largest absolute Gasteiger partial charge is 0.338 e. The van der Waals surface area contributed by atoms with Crippen LogP contribution in [0.1, 0.15) is 29.4 Å². The van der Waals surface area contributed by atoms with Crippen LogP contribution in [0.4, 0.5) is 0 Å². The minimum atomic E-state index is -2.97. The first kappa shape index (κ1) is 20.7. The van der Waals surface area contributed by atoms with Gasteiger partial charge >= 0.3 is 0 Å². The van der Waals surface area contributed by atoms with Gasteiger partial charge < -0.3 is 4.90 Å². The molecule has 8 heteroatoms.